The molecule has 1 rings (SSSR count). The third-order valence-corrected chi connectivity index (χ3v) is 2.86. The van der Waals surface area contributed by atoms with E-state index in [-0.39, 0.29) is 0 Å². The summed E-state index contributed by atoms with van der Waals surface area (Å²) in [5, 5.41) is 8.72. The number of hydrogen-bond donors (Lipinski definition) is 2. The minimum absolute atomic E-state index is 0.486. The lowest BCUT2D eigenvalue weighted by atomic mass is 9.95. The average Bonchev–Trinajstić information content (AvgIpc) is 2.15. The Hall–Kier alpha value is -1.35. The fraction of sp³-hybridized carbons (Fsp3) is 0.462. The minimum Gasteiger partial charge on any atom is -0.480 e. The number of aryl methyl sites for hydroxylation is 3. The predicted octanol–water partition coefficient (Wildman–Crippen LogP) is 1.96. The molecule has 0 saturated carbocycles. The van der Waals surface area contributed by atoms with Crippen LogP contribution in [-0.4, -0.2) is 17.1 Å². The van der Waals surface area contributed by atoms with Crippen molar-refractivity contribution in [2.75, 3.05) is 0 Å². The van der Waals surface area contributed by atoms with Crippen molar-refractivity contribution in [2.45, 2.75) is 39.7 Å². The second-order valence-electron chi connectivity index (χ2n) is 4.36. The van der Waals surface area contributed by atoms with Gasteiger partial charge in [0.15, 0.2) is 0 Å². The summed E-state index contributed by atoms with van der Waals surface area (Å²) in [4.78, 5) is 10.6. The number of nitrogens with two attached hydrogens (primary N) is 1. The van der Waals surface area contributed by atoms with Gasteiger partial charge in [0.05, 0.1) is 0 Å². The van der Waals surface area contributed by atoms with Crippen molar-refractivity contribution < 1.29 is 9.90 Å². The van der Waals surface area contributed by atoms with E-state index in [9.17, 15) is 4.79 Å². The molecule has 0 amide bonds. The number of carboxylic acids is 1. The molecule has 1 aromatic rings. The van der Waals surface area contributed by atoms with Gasteiger partial charge in [-0.1, -0.05) is 17.7 Å². The zero-order valence-corrected chi connectivity index (χ0v) is 10.1. The summed E-state index contributed by atoms with van der Waals surface area (Å²) >= 11 is 0. The lowest BCUT2D eigenvalue weighted by molar-refractivity contribution is -0.138. The molecule has 1 atom stereocenters. The predicted molar refractivity (Wildman–Crippen MR) is 64.6 cm³/mol. The first-order valence-corrected chi connectivity index (χ1v) is 5.47. The standard InChI is InChI=1S/C13H19NO2/c1-8-6-9(2)11(10(3)7-8)4-5-12(14)13(15)16/h6-7,12H,4-5,14H2,1-3H3,(H,15,16)/t12-/m1/s1. The zero-order chi connectivity index (χ0) is 12.3. The van der Waals surface area contributed by atoms with Crippen molar-refractivity contribution >= 4 is 5.97 Å². The number of carboxylic acid groups (broad SMARTS) is 1. The summed E-state index contributed by atoms with van der Waals surface area (Å²) in [6, 6.07) is 3.48. The zero-order valence-electron chi connectivity index (χ0n) is 10.1. The van der Waals surface area contributed by atoms with Crippen molar-refractivity contribution in [3.8, 4) is 0 Å². The maximum absolute atomic E-state index is 10.6. The highest BCUT2D eigenvalue weighted by atomic mass is 16.4. The highest BCUT2D eigenvalue weighted by Gasteiger charge is 2.12. The second-order valence-corrected chi connectivity index (χ2v) is 4.36. The molecule has 0 aliphatic carbocycles. The second kappa shape index (κ2) is 5.12. The van der Waals surface area contributed by atoms with E-state index in [1.165, 1.54) is 22.3 Å². The summed E-state index contributed by atoms with van der Waals surface area (Å²) in [6.45, 7) is 6.18. The van der Waals surface area contributed by atoms with Gasteiger partial charge in [0, 0.05) is 0 Å². The summed E-state index contributed by atoms with van der Waals surface area (Å²) < 4.78 is 0. The van der Waals surface area contributed by atoms with Crippen molar-refractivity contribution in [3.63, 3.8) is 0 Å². The first-order valence-electron chi connectivity index (χ1n) is 5.47. The molecule has 88 valence electrons. The number of carbonyl (C=O) groups is 1. The number of aliphatic carboxylic acids is 1. The molecule has 0 radical (unpaired) electrons. The maximum atomic E-state index is 10.6. The fourth-order valence-corrected chi connectivity index (χ4v) is 2.03. The van der Waals surface area contributed by atoms with Gasteiger partial charge in [0.1, 0.15) is 6.04 Å². The van der Waals surface area contributed by atoms with E-state index in [0.29, 0.717) is 6.42 Å². The normalized spacial score (nSPS) is 12.5. The van der Waals surface area contributed by atoms with Gasteiger partial charge in [0.25, 0.3) is 0 Å². The van der Waals surface area contributed by atoms with Gasteiger partial charge in [-0.25, -0.2) is 0 Å². The summed E-state index contributed by atoms with van der Waals surface area (Å²) in [6.07, 6.45) is 1.21. The van der Waals surface area contributed by atoms with Gasteiger partial charge in [-0.15, -0.1) is 0 Å². The molecule has 1 aromatic carbocycles. The quantitative estimate of drug-likeness (QED) is 0.817. The Bertz CT molecular complexity index is 376. The lowest BCUT2D eigenvalue weighted by Gasteiger charge is -2.12. The summed E-state index contributed by atoms with van der Waals surface area (Å²) in [7, 11) is 0. The van der Waals surface area contributed by atoms with Crippen LogP contribution in [-0.2, 0) is 11.2 Å². The summed E-state index contributed by atoms with van der Waals surface area (Å²) in [5.41, 5.74) is 10.4. The lowest BCUT2D eigenvalue weighted by Crippen LogP contribution is -2.30. The molecule has 0 aliphatic rings. The van der Waals surface area contributed by atoms with Crippen LogP contribution in [0.15, 0.2) is 12.1 Å². The molecule has 0 aliphatic heterocycles. The molecule has 16 heavy (non-hydrogen) atoms. The molecular weight excluding hydrogens is 202 g/mol. The van der Waals surface area contributed by atoms with Gasteiger partial charge in [-0.2, -0.15) is 0 Å². The van der Waals surface area contributed by atoms with Crippen LogP contribution in [0.2, 0.25) is 0 Å². The molecule has 3 N–H and O–H groups in total. The Morgan fingerprint density at radius 1 is 1.31 bits per heavy atom. The van der Waals surface area contributed by atoms with Crippen LogP contribution in [0.25, 0.3) is 0 Å². The van der Waals surface area contributed by atoms with Crippen LogP contribution in [0.5, 0.6) is 0 Å². The van der Waals surface area contributed by atoms with Crippen molar-refractivity contribution in [1.29, 1.82) is 0 Å². The van der Waals surface area contributed by atoms with Crippen LogP contribution in [0, 0.1) is 20.8 Å². The highest BCUT2D eigenvalue weighted by Crippen LogP contribution is 2.18. The van der Waals surface area contributed by atoms with E-state index in [1.54, 1.807) is 0 Å². The molecule has 3 nitrogen and oxygen atoms in total. The molecule has 0 heterocycles. The van der Waals surface area contributed by atoms with Gasteiger partial charge in [0.2, 0.25) is 0 Å². The van der Waals surface area contributed by atoms with Gasteiger partial charge in [-0.05, 0) is 50.3 Å². The van der Waals surface area contributed by atoms with Gasteiger partial charge < -0.3 is 10.8 Å². The first kappa shape index (κ1) is 12.7. The van der Waals surface area contributed by atoms with E-state index in [0.717, 1.165) is 6.42 Å². The van der Waals surface area contributed by atoms with E-state index in [1.807, 2.05) is 0 Å². The Labute approximate surface area is 96.3 Å². The van der Waals surface area contributed by atoms with Crippen LogP contribution in [0.4, 0.5) is 0 Å². The van der Waals surface area contributed by atoms with E-state index in [2.05, 4.69) is 32.9 Å². The van der Waals surface area contributed by atoms with Crippen molar-refractivity contribution in [1.82, 2.24) is 0 Å². The molecule has 0 spiro atoms. The molecule has 0 saturated heterocycles. The Balaban J connectivity index is 2.78. The highest BCUT2D eigenvalue weighted by molar-refractivity contribution is 5.73. The Kier molecular flexibility index (Phi) is 4.07. The summed E-state index contributed by atoms with van der Waals surface area (Å²) in [5.74, 6) is -0.928. The first-order chi connectivity index (χ1) is 7.41. The van der Waals surface area contributed by atoms with Crippen molar-refractivity contribution in [2.24, 2.45) is 5.73 Å². The number of rotatable bonds is 4. The number of benzene rings is 1. The van der Waals surface area contributed by atoms with E-state index < -0.39 is 12.0 Å². The fourth-order valence-electron chi connectivity index (χ4n) is 2.03. The van der Waals surface area contributed by atoms with Gasteiger partial charge >= 0.3 is 5.97 Å². The molecule has 0 fully saturated rings. The topological polar surface area (TPSA) is 63.3 Å². The monoisotopic (exact) mass is 221 g/mol. The maximum Gasteiger partial charge on any atom is 0.320 e. The molecule has 0 bridgehead atoms. The SMILES string of the molecule is Cc1cc(C)c(CC[C@@H](N)C(=O)O)c(C)c1. The van der Waals surface area contributed by atoms with Crippen molar-refractivity contribution in [3.05, 3.63) is 34.4 Å². The van der Waals surface area contributed by atoms with Crippen LogP contribution in [0.3, 0.4) is 0 Å². The third-order valence-electron chi connectivity index (χ3n) is 2.86. The third kappa shape index (κ3) is 3.07. The van der Waals surface area contributed by atoms with Crippen LogP contribution >= 0.6 is 0 Å². The van der Waals surface area contributed by atoms with E-state index >= 15 is 0 Å². The largest absolute Gasteiger partial charge is 0.480 e. The minimum atomic E-state index is -0.928. The molecule has 3 heteroatoms. The smallest absolute Gasteiger partial charge is 0.320 e. The average molecular weight is 221 g/mol. The molecule has 0 aromatic heterocycles. The van der Waals surface area contributed by atoms with Gasteiger partial charge in [-0.3, -0.25) is 4.79 Å². The molecule has 0 unspecified atom stereocenters. The Morgan fingerprint density at radius 3 is 2.25 bits per heavy atom. The Morgan fingerprint density at radius 2 is 1.81 bits per heavy atom. The molecular formula is C13H19NO2. The van der Waals surface area contributed by atoms with Crippen LogP contribution in [0.1, 0.15) is 28.7 Å². The van der Waals surface area contributed by atoms with E-state index in [4.69, 9.17) is 10.8 Å². The van der Waals surface area contributed by atoms with Crippen LogP contribution < -0.4 is 5.73 Å². The number of hydrogen-bond acceptors (Lipinski definition) is 2.